The van der Waals surface area contributed by atoms with E-state index in [4.69, 9.17) is 4.42 Å². The first-order valence-electron chi connectivity index (χ1n) is 7.80. The van der Waals surface area contributed by atoms with Crippen molar-refractivity contribution in [2.24, 2.45) is 5.10 Å². The average molecular weight is 447 g/mol. The number of hydrogen-bond donors (Lipinski definition) is 1. The first kappa shape index (κ1) is 17.5. The number of hydrazone groups is 1. The topological polar surface area (TPSA) is 59.5 Å². The Hall–Kier alpha value is -2.35. The summed E-state index contributed by atoms with van der Waals surface area (Å²) in [6.45, 7) is 5.87. The zero-order valence-electron chi connectivity index (χ0n) is 14.2. The molecular formula is C19H18IN3O2. The molecule has 128 valence electrons. The summed E-state index contributed by atoms with van der Waals surface area (Å²) in [7, 11) is 0. The molecule has 6 heteroatoms. The molecule has 0 spiro atoms. The van der Waals surface area contributed by atoms with Crippen LogP contribution in [0.4, 0.5) is 0 Å². The molecule has 0 aliphatic carbocycles. The Morgan fingerprint density at radius 1 is 1.16 bits per heavy atom. The highest BCUT2D eigenvalue weighted by atomic mass is 127. The van der Waals surface area contributed by atoms with Gasteiger partial charge in [-0.25, -0.2) is 5.43 Å². The van der Waals surface area contributed by atoms with Crippen molar-refractivity contribution in [1.82, 2.24) is 9.99 Å². The Balaban J connectivity index is 1.78. The molecule has 0 unspecified atom stereocenters. The van der Waals surface area contributed by atoms with Crippen LogP contribution in [0.3, 0.4) is 0 Å². The van der Waals surface area contributed by atoms with Crippen LogP contribution in [0.5, 0.6) is 0 Å². The van der Waals surface area contributed by atoms with Crippen molar-refractivity contribution in [3.63, 3.8) is 0 Å². The van der Waals surface area contributed by atoms with E-state index in [1.807, 2.05) is 19.9 Å². The molecule has 2 aromatic heterocycles. The molecule has 1 aromatic carbocycles. The number of rotatable bonds is 4. The monoisotopic (exact) mass is 447 g/mol. The number of benzene rings is 1. The lowest BCUT2D eigenvalue weighted by atomic mass is 10.2. The Bertz CT molecular complexity index is 936. The summed E-state index contributed by atoms with van der Waals surface area (Å²) in [4.78, 5) is 11.9. The quantitative estimate of drug-likeness (QED) is 0.367. The number of amides is 1. The van der Waals surface area contributed by atoms with Crippen molar-refractivity contribution < 1.29 is 9.21 Å². The number of aryl methyl sites for hydroxylation is 2. The van der Waals surface area contributed by atoms with Gasteiger partial charge in [-0.05, 0) is 85.8 Å². The second-order valence-electron chi connectivity index (χ2n) is 5.75. The number of carbonyl (C=O) groups excluding carboxylic acids is 1. The fraction of sp³-hybridized carbons (Fsp3) is 0.158. The largest absolute Gasteiger partial charge is 0.456 e. The number of nitrogens with zero attached hydrogens (tertiary/aromatic N) is 2. The standard InChI is InChI=1S/C19H18IN3O2/c1-12-10-15(11-21-22-19(24)18-9-4-13(2)25-18)14(3)23(12)17-7-5-16(20)6-8-17/h4-11H,1-3H3,(H,22,24)/b21-11-. The highest BCUT2D eigenvalue weighted by Gasteiger charge is 2.11. The molecule has 3 rings (SSSR count). The molecule has 0 bridgehead atoms. The van der Waals surface area contributed by atoms with Gasteiger partial charge in [-0.15, -0.1) is 0 Å². The van der Waals surface area contributed by atoms with Crippen LogP contribution in [-0.4, -0.2) is 16.7 Å². The zero-order valence-corrected chi connectivity index (χ0v) is 16.4. The third-order valence-electron chi connectivity index (χ3n) is 3.89. The molecule has 0 atom stereocenters. The molecule has 1 N–H and O–H groups in total. The van der Waals surface area contributed by atoms with Crippen molar-refractivity contribution in [3.8, 4) is 5.69 Å². The molecular weight excluding hydrogens is 429 g/mol. The van der Waals surface area contributed by atoms with E-state index >= 15 is 0 Å². The molecule has 0 fully saturated rings. The Labute approximate surface area is 159 Å². The third-order valence-corrected chi connectivity index (χ3v) is 4.61. The first-order chi connectivity index (χ1) is 12.0. The Morgan fingerprint density at radius 2 is 1.88 bits per heavy atom. The highest BCUT2D eigenvalue weighted by molar-refractivity contribution is 14.1. The van der Waals surface area contributed by atoms with Gasteiger partial charge in [0.05, 0.1) is 6.21 Å². The van der Waals surface area contributed by atoms with E-state index in [1.54, 1.807) is 25.3 Å². The second-order valence-corrected chi connectivity index (χ2v) is 6.99. The molecule has 0 aliphatic heterocycles. The lowest BCUT2D eigenvalue weighted by Gasteiger charge is -2.09. The smallest absolute Gasteiger partial charge is 0.307 e. The van der Waals surface area contributed by atoms with Gasteiger partial charge in [-0.3, -0.25) is 4.79 Å². The lowest BCUT2D eigenvalue weighted by molar-refractivity contribution is 0.0926. The van der Waals surface area contributed by atoms with E-state index in [0.29, 0.717) is 5.76 Å². The van der Waals surface area contributed by atoms with Gasteiger partial charge in [-0.1, -0.05) is 0 Å². The van der Waals surface area contributed by atoms with Gasteiger partial charge in [-0.2, -0.15) is 5.10 Å². The minimum absolute atomic E-state index is 0.249. The predicted molar refractivity (Wildman–Crippen MR) is 106 cm³/mol. The summed E-state index contributed by atoms with van der Waals surface area (Å²) in [5, 5.41) is 4.05. The summed E-state index contributed by atoms with van der Waals surface area (Å²) >= 11 is 2.29. The molecule has 0 aliphatic rings. The van der Waals surface area contributed by atoms with Crippen LogP contribution >= 0.6 is 22.6 Å². The second kappa shape index (κ2) is 7.26. The van der Waals surface area contributed by atoms with Crippen LogP contribution in [0.1, 0.15) is 33.3 Å². The fourth-order valence-electron chi connectivity index (χ4n) is 2.68. The van der Waals surface area contributed by atoms with E-state index < -0.39 is 0 Å². The van der Waals surface area contributed by atoms with Gasteiger partial charge in [0, 0.05) is 26.2 Å². The zero-order chi connectivity index (χ0) is 18.0. The van der Waals surface area contributed by atoms with Gasteiger partial charge in [0.2, 0.25) is 0 Å². The lowest BCUT2D eigenvalue weighted by Crippen LogP contribution is -2.16. The van der Waals surface area contributed by atoms with Crippen LogP contribution in [0, 0.1) is 24.3 Å². The maximum Gasteiger partial charge on any atom is 0.307 e. The van der Waals surface area contributed by atoms with Gasteiger partial charge in [0.15, 0.2) is 5.76 Å². The maximum absolute atomic E-state index is 11.9. The van der Waals surface area contributed by atoms with Gasteiger partial charge >= 0.3 is 5.91 Å². The normalized spacial score (nSPS) is 11.2. The maximum atomic E-state index is 11.9. The third kappa shape index (κ3) is 3.84. The van der Waals surface area contributed by atoms with E-state index in [2.05, 4.69) is 62.0 Å². The van der Waals surface area contributed by atoms with Crippen molar-refractivity contribution in [2.75, 3.05) is 0 Å². The number of aromatic nitrogens is 1. The Morgan fingerprint density at radius 3 is 2.52 bits per heavy atom. The molecule has 3 aromatic rings. The molecule has 0 saturated carbocycles. The number of halogens is 1. The van der Waals surface area contributed by atoms with Crippen molar-refractivity contribution in [2.45, 2.75) is 20.8 Å². The molecule has 25 heavy (non-hydrogen) atoms. The summed E-state index contributed by atoms with van der Waals surface area (Å²) in [5.74, 6) is 0.574. The summed E-state index contributed by atoms with van der Waals surface area (Å²) < 4.78 is 8.63. The van der Waals surface area contributed by atoms with Gasteiger partial charge in [0.25, 0.3) is 0 Å². The highest BCUT2D eigenvalue weighted by Crippen LogP contribution is 2.20. The number of hydrogen-bond acceptors (Lipinski definition) is 3. The van der Waals surface area contributed by atoms with Gasteiger partial charge < -0.3 is 8.98 Å². The minimum atomic E-state index is -0.365. The van der Waals surface area contributed by atoms with Crippen LogP contribution in [0.25, 0.3) is 5.69 Å². The first-order valence-corrected chi connectivity index (χ1v) is 8.88. The minimum Gasteiger partial charge on any atom is -0.456 e. The van der Waals surface area contributed by atoms with Crippen molar-refractivity contribution in [1.29, 1.82) is 0 Å². The summed E-state index contributed by atoms with van der Waals surface area (Å²) in [6, 6.07) is 13.7. The van der Waals surface area contributed by atoms with Crippen LogP contribution < -0.4 is 5.43 Å². The fourth-order valence-corrected chi connectivity index (χ4v) is 3.04. The number of carbonyl (C=O) groups is 1. The van der Waals surface area contributed by atoms with E-state index in [-0.39, 0.29) is 11.7 Å². The van der Waals surface area contributed by atoms with E-state index in [1.165, 1.54) is 3.57 Å². The molecule has 2 heterocycles. The SMILES string of the molecule is Cc1ccc(C(=O)N/N=C\c2cc(C)n(-c3ccc(I)cc3)c2C)o1. The number of nitrogens with one attached hydrogen (secondary N) is 1. The predicted octanol–water partition coefficient (Wildman–Crippen LogP) is 4.36. The summed E-state index contributed by atoms with van der Waals surface area (Å²) in [5.41, 5.74) is 6.71. The van der Waals surface area contributed by atoms with E-state index in [0.717, 1.165) is 22.6 Å². The van der Waals surface area contributed by atoms with Crippen molar-refractivity contribution >= 4 is 34.7 Å². The molecule has 0 saturated heterocycles. The van der Waals surface area contributed by atoms with Crippen molar-refractivity contribution in [3.05, 3.63) is 74.5 Å². The van der Waals surface area contributed by atoms with Crippen LogP contribution in [0.2, 0.25) is 0 Å². The van der Waals surface area contributed by atoms with Crippen LogP contribution in [-0.2, 0) is 0 Å². The number of furan rings is 1. The summed E-state index contributed by atoms with van der Waals surface area (Å²) in [6.07, 6.45) is 1.65. The molecule has 1 amide bonds. The van der Waals surface area contributed by atoms with Gasteiger partial charge in [0.1, 0.15) is 5.76 Å². The molecule has 0 radical (unpaired) electrons. The average Bonchev–Trinajstić information content (AvgIpc) is 3.13. The van der Waals surface area contributed by atoms with E-state index in [9.17, 15) is 4.79 Å². The molecule has 5 nitrogen and oxygen atoms in total. The van der Waals surface area contributed by atoms with Crippen LogP contribution in [0.15, 0.2) is 52.0 Å². The Kier molecular flexibility index (Phi) is 5.08.